The molecule has 0 aromatic heterocycles. The molecule has 1 aliphatic rings. The van der Waals surface area contributed by atoms with Crippen molar-refractivity contribution in [2.75, 3.05) is 11.9 Å². The number of hydrogen-bond acceptors (Lipinski definition) is 3. The molecule has 5 heteroatoms. The van der Waals surface area contributed by atoms with E-state index in [0.717, 1.165) is 12.8 Å². The van der Waals surface area contributed by atoms with Gasteiger partial charge in [0.1, 0.15) is 0 Å². The van der Waals surface area contributed by atoms with Gasteiger partial charge in [0.05, 0.1) is 17.9 Å². The Balaban J connectivity index is 1.87. The van der Waals surface area contributed by atoms with Crippen LogP contribution < -0.4 is 10.6 Å². The van der Waals surface area contributed by atoms with Gasteiger partial charge >= 0.3 is 12.0 Å². The molecule has 2 N–H and O–H groups in total. The summed E-state index contributed by atoms with van der Waals surface area (Å²) in [7, 11) is 0. The second-order valence-electron chi connectivity index (χ2n) is 6.39. The highest BCUT2D eigenvalue weighted by Gasteiger charge is 2.14. The normalized spacial score (nSPS) is 15.1. The Morgan fingerprint density at radius 2 is 1.96 bits per heavy atom. The Morgan fingerprint density at radius 3 is 2.72 bits per heavy atom. The number of para-hydroxylation sites is 1. The average Bonchev–Trinajstić information content (AvgIpc) is 2.63. The molecule has 0 unspecified atom stereocenters. The predicted molar refractivity (Wildman–Crippen MR) is 99.5 cm³/mol. The summed E-state index contributed by atoms with van der Waals surface area (Å²) in [5.41, 5.74) is 0.817. The Hall–Kier alpha value is -2.30. The molecule has 1 aliphatic carbocycles. The molecule has 2 amide bonds. The number of rotatable bonds is 7. The molecule has 1 aromatic carbocycles. The molecule has 136 valence electrons. The van der Waals surface area contributed by atoms with E-state index >= 15 is 0 Å². The number of allylic oxidation sites excluding steroid dienone is 1. The molecule has 1 aromatic rings. The molecule has 0 heterocycles. The van der Waals surface area contributed by atoms with Crippen LogP contribution in [0.25, 0.3) is 0 Å². The van der Waals surface area contributed by atoms with Crippen LogP contribution in [0.2, 0.25) is 0 Å². The standard InChI is InChI=1S/C20H28N2O3/c1-2-3-15-25-19(23)17-11-7-8-12-18(17)22-20(24)21-14-13-16-9-5-4-6-10-16/h7-8,11-14,16H,2-6,9-10,15H2,1H3,(H2,21,22,24)/b14-13+. The van der Waals surface area contributed by atoms with Crippen LogP contribution in [0.1, 0.15) is 62.2 Å². The molecule has 2 rings (SSSR count). The van der Waals surface area contributed by atoms with Gasteiger partial charge in [-0.05, 0) is 37.3 Å². The lowest BCUT2D eigenvalue weighted by molar-refractivity contribution is 0.0501. The van der Waals surface area contributed by atoms with Gasteiger partial charge < -0.3 is 15.4 Å². The maximum absolute atomic E-state index is 12.1. The number of benzene rings is 1. The molecular formula is C20H28N2O3. The Labute approximate surface area is 149 Å². The van der Waals surface area contributed by atoms with E-state index in [9.17, 15) is 9.59 Å². The van der Waals surface area contributed by atoms with Gasteiger partial charge in [-0.15, -0.1) is 0 Å². The van der Waals surface area contributed by atoms with Crippen molar-refractivity contribution >= 4 is 17.7 Å². The molecule has 5 nitrogen and oxygen atoms in total. The number of ether oxygens (including phenoxy) is 1. The Morgan fingerprint density at radius 1 is 1.20 bits per heavy atom. The fraction of sp³-hybridized carbons (Fsp3) is 0.500. The van der Waals surface area contributed by atoms with Crippen molar-refractivity contribution in [3.63, 3.8) is 0 Å². The minimum Gasteiger partial charge on any atom is -0.462 e. The summed E-state index contributed by atoms with van der Waals surface area (Å²) in [6.45, 7) is 2.43. The van der Waals surface area contributed by atoms with Gasteiger partial charge in [-0.2, -0.15) is 0 Å². The Bertz CT molecular complexity index is 592. The molecular weight excluding hydrogens is 316 g/mol. The van der Waals surface area contributed by atoms with E-state index in [1.165, 1.54) is 32.1 Å². The molecule has 0 spiro atoms. The van der Waals surface area contributed by atoms with Gasteiger partial charge in [-0.3, -0.25) is 0 Å². The summed E-state index contributed by atoms with van der Waals surface area (Å²) in [4.78, 5) is 24.2. The molecule has 25 heavy (non-hydrogen) atoms. The highest BCUT2D eigenvalue weighted by molar-refractivity contribution is 6.00. The van der Waals surface area contributed by atoms with Crippen molar-refractivity contribution in [3.05, 3.63) is 42.1 Å². The number of esters is 1. The minimum absolute atomic E-state index is 0.360. The topological polar surface area (TPSA) is 67.4 Å². The molecule has 0 atom stereocenters. The number of carbonyl (C=O) groups is 2. The summed E-state index contributed by atoms with van der Waals surface area (Å²) >= 11 is 0. The van der Waals surface area contributed by atoms with Gasteiger partial charge in [0.15, 0.2) is 0 Å². The molecule has 0 saturated heterocycles. The van der Waals surface area contributed by atoms with E-state index < -0.39 is 5.97 Å². The van der Waals surface area contributed by atoms with Crippen LogP contribution in [0.3, 0.4) is 0 Å². The first kappa shape index (κ1) is 19.0. The summed E-state index contributed by atoms with van der Waals surface area (Å²) in [6.07, 6.45) is 11.7. The first-order valence-corrected chi connectivity index (χ1v) is 9.21. The van der Waals surface area contributed by atoms with Crippen molar-refractivity contribution in [2.45, 2.75) is 51.9 Å². The smallest absolute Gasteiger partial charge is 0.340 e. The zero-order valence-corrected chi connectivity index (χ0v) is 14.9. The zero-order valence-electron chi connectivity index (χ0n) is 14.9. The molecule has 0 aliphatic heterocycles. The number of urea groups is 1. The second-order valence-corrected chi connectivity index (χ2v) is 6.39. The van der Waals surface area contributed by atoms with Crippen LogP contribution in [-0.2, 0) is 4.74 Å². The van der Waals surface area contributed by atoms with Crippen molar-refractivity contribution in [1.82, 2.24) is 5.32 Å². The first-order valence-electron chi connectivity index (χ1n) is 9.21. The predicted octanol–water partition coefficient (Wildman–Crippen LogP) is 4.86. The summed E-state index contributed by atoms with van der Waals surface area (Å²) in [5.74, 6) is 0.136. The third-order valence-electron chi connectivity index (χ3n) is 4.36. The van der Waals surface area contributed by atoms with Crippen LogP contribution >= 0.6 is 0 Å². The van der Waals surface area contributed by atoms with Crippen molar-refractivity contribution in [2.24, 2.45) is 5.92 Å². The van der Waals surface area contributed by atoms with Gasteiger partial charge in [-0.25, -0.2) is 9.59 Å². The van der Waals surface area contributed by atoms with E-state index in [4.69, 9.17) is 4.74 Å². The van der Waals surface area contributed by atoms with Gasteiger partial charge in [-0.1, -0.05) is 50.8 Å². The van der Waals surface area contributed by atoms with E-state index in [0.29, 0.717) is 23.8 Å². The second kappa shape index (κ2) is 10.5. The highest BCUT2D eigenvalue weighted by Crippen LogP contribution is 2.24. The fourth-order valence-corrected chi connectivity index (χ4v) is 2.90. The zero-order chi connectivity index (χ0) is 17.9. The van der Waals surface area contributed by atoms with Crippen molar-refractivity contribution < 1.29 is 14.3 Å². The van der Waals surface area contributed by atoms with Gasteiger partial charge in [0, 0.05) is 6.20 Å². The minimum atomic E-state index is -0.415. The van der Waals surface area contributed by atoms with Gasteiger partial charge in [0.2, 0.25) is 0 Å². The third kappa shape index (κ3) is 6.61. The Kier molecular flexibility index (Phi) is 8.02. The number of carbonyl (C=O) groups excluding carboxylic acids is 2. The van der Waals surface area contributed by atoms with E-state index in [1.807, 2.05) is 6.92 Å². The monoisotopic (exact) mass is 344 g/mol. The molecule has 1 fully saturated rings. The van der Waals surface area contributed by atoms with Crippen molar-refractivity contribution in [3.8, 4) is 0 Å². The van der Waals surface area contributed by atoms with Crippen LogP contribution in [0.15, 0.2) is 36.5 Å². The van der Waals surface area contributed by atoms with Crippen LogP contribution in [0.5, 0.6) is 0 Å². The maximum Gasteiger partial charge on any atom is 0.340 e. The highest BCUT2D eigenvalue weighted by atomic mass is 16.5. The number of amides is 2. The summed E-state index contributed by atoms with van der Waals surface area (Å²) < 4.78 is 5.23. The lowest BCUT2D eigenvalue weighted by atomic mass is 9.89. The lowest BCUT2D eigenvalue weighted by Crippen LogP contribution is -2.25. The van der Waals surface area contributed by atoms with Gasteiger partial charge in [0.25, 0.3) is 0 Å². The van der Waals surface area contributed by atoms with Crippen LogP contribution in [0.4, 0.5) is 10.5 Å². The van der Waals surface area contributed by atoms with E-state index in [-0.39, 0.29) is 6.03 Å². The van der Waals surface area contributed by atoms with Crippen LogP contribution in [-0.4, -0.2) is 18.6 Å². The third-order valence-corrected chi connectivity index (χ3v) is 4.36. The number of unbranched alkanes of at least 4 members (excludes halogenated alkanes) is 1. The van der Waals surface area contributed by atoms with Crippen molar-refractivity contribution in [1.29, 1.82) is 0 Å². The molecule has 0 bridgehead atoms. The number of hydrogen-bond donors (Lipinski definition) is 2. The maximum atomic E-state index is 12.1. The molecule has 0 radical (unpaired) electrons. The molecule has 1 saturated carbocycles. The number of nitrogens with one attached hydrogen (secondary N) is 2. The quantitative estimate of drug-likeness (QED) is 0.548. The number of anilines is 1. The lowest BCUT2D eigenvalue weighted by Gasteiger charge is -2.17. The fourth-order valence-electron chi connectivity index (χ4n) is 2.90. The largest absolute Gasteiger partial charge is 0.462 e. The van der Waals surface area contributed by atoms with Crippen LogP contribution in [0, 0.1) is 5.92 Å². The first-order chi connectivity index (χ1) is 12.2. The SMILES string of the molecule is CCCCOC(=O)c1ccccc1NC(=O)N/C=C/C1CCCCC1. The summed E-state index contributed by atoms with van der Waals surface area (Å²) in [5, 5.41) is 5.43. The summed E-state index contributed by atoms with van der Waals surface area (Å²) in [6, 6.07) is 6.52. The van der Waals surface area contributed by atoms with E-state index in [2.05, 4.69) is 16.7 Å². The van der Waals surface area contributed by atoms with E-state index in [1.54, 1.807) is 30.5 Å². The average molecular weight is 344 g/mol.